The number of hydrogen-bond acceptors (Lipinski definition) is 3. The molecule has 6 heteroatoms. The first-order valence-electron chi connectivity index (χ1n) is 3.26. The molecule has 2 N–H and O–H groups in total. The third-order valence-electron chi connectivity index (χ3n) is 1.43. The summed E-state index contributed by atoms with van der Waals surface area (Å²) >= 11 is 0. The minimum absolute atomic E-state index is 0.366. The molecule has 0 aliphatic carbocycles. The van der Waals surface area contributed by atoms with E-state index in [4.69, 9.17) is 5.73 Å². The number of nitrogens with zero attached hydrogens (tertiary/aromatic N) is 1. The Labute approximate surface area is 72.1 Å². The monoisotopic (exact) mass is 183 g/mol. The van der Waals surface area contributed by atoms with E-state index in [9.17, 15) is 19.3 Å². The van der Waals surface area contributed by atoms with E-state index in [1.165, 1.54) is 0 Å². The van der Waals surface area contributed by atoms with E-state index in [-0.39, 0.29) is 5.69 Å². The highest BCUT2D eigenvalue weighted by Gasteiger charge is 2.13. The van der Waals surface area contributed by atoms with Crippen LogP contribution in [0.1, 0.15) is 10.4 Å². The molecule has 0 spiro atoms. The Bertz CT molecular complexity index is 378. The van der Waals surface area contributed by atoms with Gasteiger partial charge in [0, 0.05) is 12.1 Å². The van der Waals surface area contributed by atoms with Gasteiger partial charge in [-0.3, -0.25) is 14.9 Å². The summed E-state index contributed by atoms with van der Waals surface area (Å²) in [7, 11) is 0. The van der Waals surface area contributed by atoms with E-state index in [1.54, 1.807) is 0 Å². The third-order valence-corrected chi connectivity index (χ3v) is 1.43. The van der Waals surface area contributed by atoms with Crippen molar-refractivity contribution in [2.75, 3.05) is 0 Å². The van der Waals surface area contributed by atoms with Crippen molar-refractivity contribution in [2.24, 2.45) is 5.73 Å². The van der Waals surface area contributed by atoms with E-state index >= 15 is 0 Å². The van der Waals surface area contributed by atoms with Gasteiger partial charge in [0.05, 0.1) is 10.5 Å². The number of nitrogens with two attached hydrogens (primary N) is 1. The van der Waals surface area contributed by atoms with Crippen LogP contribution in [0.3, 0.4) is 0 Å². The topological polar surface area (TPSA) is 86.2 Å². The van der Waals surface area contributed by atoms with Crippen molar-refractivity contribution < 1.29 is 14.1 Å². The molecule has 13 heavy (non-hydrogen) atoms. The SMILES string of the molecule is NC(=O)c1cc([N+](=O)[O-])ccc1[18F]. The van der Waals surface area contributed by atoms with Crippen LogP contribution in [0.4, 0.5) is 10.1 Å². The van der Waals surface area contributed by atoms with Crippen LogP contribution in [0.2, 0.25) is 0 Å². The highest BCUT2D eigenvalue weighted by Crippen LogP contribution is 2.15. The second-order valence-corrected chi connectivity index (χ2v) is 2.29. The first kappa shape index (κ1) is 9.11. The van der Waals surface area contributed by atoms with Crippen molar-refractivity contribution in [1.82, 2.24) is 0 Å². The Hall–Kier alpha value is -1.98. The average Bonchev–Trinajstić information content (AvgIpc) is 2.04. The molecule has 0 saturated carbocycles. The average molecular weight is 183 g/mol. The highest BCUT2D eigenvalue weighted by atomic mass is 18.2. The lowest BCUT2D eigenvalue weighted by Gasteiger charge is -1.96. The molecule has 1 aromatic rings. The number of primary amides is 1. The standard InChI is InChI=1S/C7H5FN2O3/c8-6-2-1-4(10(12)13)3-5(6)7(9)11/h1-3H,(H2,9,11)/i8-1. The van der Waals surface area contributed by atoms with Crippen molar-refractivity contribution in [2.45, 2.75) is 0 Å². The van der Waals surface area contributed by atoms with Gasteiger partial charge in [0.1, 0.15) is 5.82 Å². The molecule has 1 aromatic carbocycles. The van der Waals surface area contributed by atoms with Gasteiger partial charge in [0.25, 0.3) is 11.6 Å². The van der Waals surface area contributed by atoms with Crippen LogP contribution in [-0.4, -0.2) is 10.8 Å². The summed E-state index contributed by atoms with van der Waals surface area (Å²) in [6.45, 7) is 0. The molecular weight excluding hydrogens is 178 g/mol. The molecule has 0 saturated heterocycles. The van der Waals surface area contributed by atoms with E-state index < -0.39 is 22.2 Å². The van der Waals surface area contributed by atoms with E-state index in [1.807, 2.05) is 0 Å². The number of non-ortho nitro benzene ring substituents is 1. The van der Waals surface area contributed by atoms with Gasteiger partial charge in [0.15, 0.2) is 0 Å². The third kappa shape index (κ3) is 1.78. The fraction of sp³-hybridized carbons (Fsp3) is 0. The minimum Gasteiger partial charge on any atom is -0.366 e. The normalized spacial score (nSPS) is 9.62. The zero-order valence-electron chi connectivity index (χ0n) is 6.36. The number of rotatable bonds is 2. The number of hydrogen-bond donors (Lipinski definition) is 1. The Morgan fingerprint density at radius 1 is 1.54 bits per heavy atom. The summed E-state index contributed by atoms with van der Waals surface area (Å²) in [6, 6.07) is 2.59. The van der Waals surface area contributed by atoms with Crippen LogP contribution in [0.5, 0.6) is 0 Å². The Morgan fingerprint density at radius 2 is 2.15 bits per heavy atom. The molecule has 0 fully saturated rings. The lowest BCUT2D eigenvalue weighted by molar-refractivity contribution is -0.384. The van der Waals surface area contributed by atoms with Crippen LogP contribution in [-0.2, 0) is 0 Å². The summed E-state index contributed by atoms with van der Waals surface area (Å²) in [5, 5.41) is 10.2. The van der Waals surface area contributed by atoms with Gasteiger partial charge in [0.2, 0.25) is 0 Å². The summed E-state index contributed by atoms with van der Waals surface area (Å²) in [5.41, 5.74) is 3.94. The Balaban J connectivity index is 3.27. The molecule has 5 nitrogen and oxygen atoms in total. The Kier molecular flexibility index (Phi) is 2.23. The number of nitro benzene ring substituents is 1. The maximum atomic E-state index is 12.8. The zero-order valence-corrected chi connectivity index (χ0v) is 6.36. The van der Waals surface area contributed by atoms with E-state index in [0.29, 0.717) is 0 Å². The Morgan fingerprint density at radius 3 is 2.62 bits per heavy atom. The van der Waals surface area contributed by atoms with Crippen LogP contribution >= 0.6 is 0 Å². The van der Waals surface area contributed by atoms with Crippen molar-refractivity contribution in [3.63, 3.8) is 0 Å². The highest BCUT2D eigenvalue weighted by molar-refractivity contribution is 5.93. The number of amides is 1. The fourth-order valence-corrected chi connectivity index (χ4v) is 0.816. The van der Waals surface area contributed by atoms with Crippen molar-refractivity contribution in [3.8, 4) is 0 Å². The van der Waals surface area contributed by atoms with Crippen LogP contribution < -0.4 is 5.73 Å². The molecule has 1 amide bonds. The molecule has 0 radical (unpaired) electrons. The molecule has 0 atom stereocenters. The molecule has 0 unspecified atom stereocenters. The second kappa shape index (κ2) is 3.18. The summed E-state index contributed by atoms with van der Waals surface area (Å²) < 4.78 is 12.8. The van der Waals surface area contributed by atoms with Crippen molar-refractivity contribution in [3.05, 3.63) is 39.7 Å². The first-order chi connectivity index (χ1) is 6.02. The molecular formula is C7H5FN2O3. The summed E-state index contributed by atoms with van der Waals surface area (Å²) in [6.07, 6.45) is 0. The molecule has 1 rings (SSSR count). The van der Waals surface area contributed by atoms with Crippen LogP contribution in [0, 0.1) is 15.9 Å². The molecule has 0 heterocycles. The number of nitro groups is 1. The molecule has 0 aliphatic heterocycles. The minimum atomic E-state index is -1.03. The van der Waals surface area contributed by atoms with E-state index in [2.05, 4.69) is 0 Å². The second-order valence-electron chi connectivity index (χ2n) is 2.29. The van der Waals surface area contributed by atoms with Crippen molar-refractivity contribution >= 4 is 11.6 Å². The predicted molar refractivity (Wildman–Crippen MR) is 41.6 cm³/mol. The van der Waals surface area contributed by atoms with Gasteiger partial charge in [-0.25, -0.2) is 4.39 Å². The van der Waals surface area contributed by atoms with Gasteiger partial charge in [-0.2, -0.15) is 0 Å². The molecule has 0 aliphatic rings. The fourth-order valence-electron chi connectivity index (χ4n) is 0.816. The summed E-state index contributed by atoms with van der Waals surface area (Å²) in [4.78, 5) is 20.0. The van der Waals surface area contributed by atoms with Crippen LogP contribution in [0.15, 0.2) is 18.2 Å². The molecule has 68 valence electrons. The molecule has 0 bridgehead atoms. The molecule has 0 aromatic heterocycles. The largest absolute Gasteiger partial charge is 0.366 e. The van der Waals surface area contributed by atoms with Crippen molar-refractivity contribution in [1.29, 1.82) is 0 Å². The summed E-state index contributed by atoms with van der Waals surface area (Å²) in [5.74, 6) is -1.89. The lowest BCUT2D eigenvalue weighted by Crippen LogP contribution is -2.13. The van der Waals surface area contributed by atoms with Gasteiger partial charge in [-0.05, 0) is 6.07 Å². The van der Waals surface area contributed by atoms with Crippen LogP contribution in [0.25, 0.3) is 0 Å². The number of benzene rings is 1. The number of carbonyl (C=O) groups is 1. The first-order valence-corrected chi connectivity index (χ1v) is 3.26. The number of carbonyl (C=O) groups excluding carboxylic acids is 1. The van der Waals surface area contributed by atoms with Gasteiger partial charge < -0.3 is 5.73 Å². The quantitative estimate of drug-likeness (QED) is 0.544. The predicted octanol–water partition coefficient (Wildman–Crippen LogP) is 0.833. The number of halogens is 1. The van der Waals surface area contributed by atoms with Gasteiger partial charge >= 0.3 is 0 Å². The lowest BCUT2D eigenvalue weighted by atomic mass is 10.2. The maximum Gasteiger partial charge on any atom is 0.270 e. The zero-order chi connectivity index (χ0) is 10.0. The smallest absolute Gasteiger partial charge is 0.270 e. The van der Waals surface area contributed by atoms with Gasteiger partial charge in [-0.15, -0.1) is 0 Å². The maximum absolute atomic E-state index is 12.8. The van der Waals surface area contributed by atoms with E-state index in [0.717, 1.165) is 18.2 Å². The van der Waals surface area contributed by atoms with Gasteiger partial charge in [-0.1, -0.05) is 0 Å².